The van der Waals surface area contributed by atoms with E-state index in [0.29, 0.717) is 13.2 Å². The summed E-state index contributed by atoms with van der Waals surface area (Å²) in [5, 5.41) is 3.14. The summed E-state index contributed by atoms with van der Waals surface area (Å²) in [6.07, 6.45) is 5.59. The first-order chi connectivity index (χ1) is 8.74. The van der Waals surface area contributed by atoms with Crippen molar-refractivity contribution in [1.82, 2.24) is 5.32 Å². The van der Waals surface area contributed by atoms with Gasteiger partial charge in [-0.05, 0) is 19.8 Å². The molecule has 1 N–H and O–H groups in total. The van der Waals surface area contributed by atoms with E-state index in [9.17, 15) is 4.79 Å². The van der Waals surface area contributed by atoms with Crippen molar-refractivity contribution in [2.24, 2.45) is 0 Å². The molecule has 3 atom stereocenters. The van der Waals surface area contributed by atoms with Gasteiger partial charge in [0.2, 0.25) is 0 Å². The van der Waals surface area contributed by atoms with Crippen LogP contribution in [0.2, 0.25) is 0 Å². The molecular formula is C13H21NO4. The summed E-state index contributed by atoms with van der Waals surface area (Å²) in [5.41, 5.74) is 0. The molecule has 1 aliphatic carbocycles. The predicted octanol–water partition coefficient (Wildman–Crippen LogP) is 0.966. The van der Waals surface area contributed by atoms with Crippen molar-refractivity contribution in [2.75, 3.05) is 13.2 Å². The lowest BCUT2D eigenvalue weighted by atomic mass is 9.94. The Morgan fingerprint density at radius 1 is 1.39 bits per heavy atom. The second kappa shape index (κ2) is 4.79. The number of esters is 1. The van der Waals surface area contributed by atoms with Crippen molar-refractivity contribution in [3.63, 3.8) is 0 Å². The summed E-state index contributed by atoms with van der Waals surface area (Å²) in [7, 11) is 0. The van der Waals surface area contributed by atoms with Crippen molar-refractivity contribution in [3.05, 3.63) is 0 Å². The third-order valence-electron chi connectivity index (χ3n) is 4.06. The smallest absolute Gasteiger partial charge is 0.324 e. The molecule has 0 amide bonds. The third kappa shape index (κ3) is 2.27. The number of nitrogens with one attached hydrogen (secondary N) is 1. The Hall–Kier alpha value is -0.650. The fraction of sp³-hybridized carbons (Fsp3) is 0.923. The highest BCUT2D eigenvalue weighted by Crippen LogP contribution is 2.40. The van der Waals surface area contributed by atoms with E-state index >= 15 is 0 Å². The second-order valence-electron chi connectivity index (χ2n) is 5.36. The molecule has 0 aromatic heterocycles. The van der Waals surface area contributed by atoms with Crippen molar-refractivity contribution in [1.29, 1.82) is 0 Å². The van der Waals surface area contributed by atoms with Crippen LogP contribution in [-0.4, -0.2) is 43.2 Å². The van der Waals surface area contributed by atoms with Gasteiger partial charge in [0.1, 0.15) is 12.1 Å². The topological polar surface area (TPSA) is 66.7 Å². The van der Waals surface area contributed by atoms with E-state index in [1.54, 1.807) is 0 Å². The maximum absolute atomic E-state index is 11.6. The summed E-state index contributed by atoms with van der Waals surface area (Å²) in [6, 6.07) is -0.123. The largest absolute Gasteiger partial charge is 0.465 e. The summed E-state index contributed by atoms with van der Waals surface area (Å²) < 4.78 is 16.9. The Bertz CT molecular complexity index is 327. The van der Waals surface area contributed by atoms with Gasteiger partial charge in [-0.25, -0.2) is 0 Å². The third-order valence-corrected chi connectivity index (χ3v) is 4.06. The van der Waals surface area contributed by atoms with Crippen LogP contribution in [0.25, 0.3) is 0 Å². The molecule has 102 valence electrons. The minimum Gasteiger partial charge on any atom is -0.465 e. The Morgan fingerprint density at radius 3 is 2.89 bits per heavy atom. The number of carbonyl (C=O) groups excluding carboxylic acids is 1. The van der Waals surface area contributed by atoms with Gasteiger partial charge < -0.3 is 14.2 Å². The fourth-order valence-corrected chi connectivity index (χ4v) is 3.03. The molecule has 3 fully saturated rings. The number of carbonyl (C=O) groups is 1. The van der Waals surface area contributed by atoms with Crippen LogP contribution in [0.3, 0.4) is 0 Å². The molecule has 5 heteroatoms. The summed E-state index contributed by atoms with van der Waals surface area (Å²) in [6.45, 7) is 2.84. The van der Waals surface area contributed by atoms with Crippen molar-refractivity contribution in [2.45, 2.75) is 63.0 Å². The number of rotatable bonds is 3. The quantitative estimate of drug-likeness (QED) is 0.601. The average Bonchev–Trinajstić information content (AvgIpc) is 3.09. The van der Waals surface area contributed by atoms with Crippen LogP contribution >= 0.6 is 0 Å². The lowest BCUT2D eigenvalue weighted by Gasteiger charge is -2.31. The van der Waals surface area contributed by atoms with Gasteiger partial charge in [-0.15, -0.1) is 0 Å². The molecule has 3 aliphatic rings. The number of ether oxygens (including phenoxy) is 3. The first-order valence-corrected chi connectivity index (χ1v) is 6.98. The second-order valence-corrected chi connectivity index (χ2v) is 5.36. The Balaban J connectivity index is 1.53. The first kappa shape index (κ1) is 12.4. The molecule has 0 aromatic carbocycles. The molecule has 3 rings (SSSR count). The Morgan fingerprint density at radius 2 is 2.17 bits per heavy atom. The van der Waals surface area contributed by atoms with Crippen LogP contribution in [-0.2, 0) is 19.0 Å². The highest BCUT2D eigenvalue weighted by molar-refractivity contribution is 5.80. The zero-order chi connectivity index (χ0) is 12.6. The normalized spacial score (nSPS) is 37.7. The molecule has 2 saturated heterocycles. The predicted molar refractivity (Wildman–Crippen MR) is 64.0 cm³/mol. The molecular weight excluding hydrogens is 234 g/mol. The standard InChI is InChI=1S/C13H21NO4/c1-2-16-12(15)11-10(14-11)9-8-17-13(18-9)6-4-3-5-7-13/h9-11,14H,2-8H2,1H3/t9-,10+,11+/m1/s1. The molecule has 2 heterocycles. The van der Waals surface area contributed by atoms with Gasteiger partial charge in [-0.3, -0.25) is 10.1 Å². The number of hydrogen-bond donors (Lipinski definition) is 1. The van der Waals surface area contributed by atoms with Crippen molar-refractivity contribution in [3.8, 4) is 0 Å². The van der Waals surface area contributed by atoms with Gasteiger partial charge >= 0.3 is 5.97 Å². The van der Waals surface area contributed by atoms with Crippen LogP contribution in [0.15, 0.2) is 0 Å². The molecule has 1 saturated carbocycles. The zero-order valence-corrected chi connectivity index (χ0v) is 10.8. The summed E-state index contributed by atoms with van der Waals surface area (Å²) >= 11 is 0. The highest BCUT2D eigenvalue weighted by atomic mass is 16.7. The summed E-state index contributed by atoms with van der Waals surface area (Å²) in [4.78, 5) is 11.6. The minimum atomic E-state index is -0.355. The van der Waals surface area contributed by atoms with Crippen LogP contribution < -0.4 is 5.32 Å². The molecule has 0 unspecified atom stereocenters. The molecule has 2 aliphatic heterocycles. The lowest BCUT2D eigenvalue weighted by molar-refractivity contribution is -0.187. The maximum Gasteiger partial charge on any atom is 0.324 e. The molecule has 0 bridgehead atoms. The number of hydrogen-bond acceptors (Lipinski definition) is 5. The van der Waals surface area contributed by atoms with Gasteiger partial charge in [-0.1, -0.05) is 6.42 Å². The van der Waals surface area contributed by atoms with Gasteiger partial charge in [0.25, 0.3) is 0 Å². The van der Waals surface area contributed by atoms with E-state index in [1.165, 1.54) is 19.3 Å². The van der Waals surface area contributed by atoms with Gasteiger partial charge in [0, 0.05) is 12.8 Å². The van der Waals surface area contributed by atoms with E-state index in [1.807, 2.05) is 6.92 Å². The average molecular weight is 255 g/mol. The molecule has 0 aromatic rings. The lowest BCUT2D eigenvalue weighted by Crippen LogP contribution is -2.34. The zero-order valence-electron chi connectivity index (χ0n) is 10.8. The molecule has 1 spiro atoms. The van der Waals surface area contributed by atoms with E-state index in [4.69, 9.17) is 14.2 Å². The van der Waals surface area contributed by atoms with E-state index in [2.05, 4.69) is 5.32 Å². The van der Waals surface area contributed by atoms with Gasteiger partial charge in [-0.2, -0.15) is 0 Å². The van der Waals surface area contributed by atoms with Crippen LogP contribution in [0.1, 0.15) is 39.0 Å². The maximum atomic E-state index is 11.6. The van der Waals surface area contributed by atoms with E-state index < -0.39 is 0 Å². The van der Waals surface area contributed by atoms with Crippen LogP contribution in [0.5, 0.6) is 0 Å². The van der Waals surface area contributed by atoms with Crippen LogP contribution in [0.4, 0.5) is 0 Å². The SMILES string of the molecule is CCOC(=O)[C@H]1N[C@H]1[C@H]1COC2(CCCCC2)O1. The Kier molecular flexibility index (Phi) is 3.30. The molecule has 5 nitrogen and oxygen atoms in total. The molecule has 18 heavy (non-hydrogen) atoms. The van der Waals surface area contributed by atoms with Crippen LogP contribution in [0, 0.1) is 0 Å². The van der Waals surface area contributed by atoms with Gasteiger partial charge in [0.15, 0.2) is 5.79 Å². The van der Waals surface area contributed by atoms with Gasteiger partial charge in [0.05, 0.1) is 19.3 Å². The van der Waals surface area contributed by atoms with Crippen molar-refractivity contribution >= 4 is 5.97 Å². The van der Waals surface area contributed by atoms with E-state index in [0.717, 1.165) is 12.8 Å². The Labute approximate surface area is 107 Å². The highest BCUT2D eigenvalue weighted by Gasteiger charge is 2.54. The monoisotopic (exact) mass is 255 g/mol. The fourth-order valence-electron chi connectivity index (χ4n) is 3.03. The van der Waals surface area contributed by atoms with Crippen molar-refractivity contribution < 1.29 is 19.0 Å². The summed E-state index contributed by atoms with van der Waals surface area (Å²) in [5.74, 6) is -0.525. The minimum absolute atomic E-state index is 0.00231. The first-order valence-electron chi connectivity index (χ1n) is 6.98. The molecule has 0 radical (unpaired) electrons. The van der Waals surface area contributed by atoms with E-state index in [-0.39, 0.29) is 29.9 Å².